The van der Waals surface area contributed by atoms with Crippen molar-refractivity contribution >= 4 is 0 Å². The maximum atomic E-state index is 8.51. The van der Waals surface area contributed by atoms with Crippen molar-refractivity contribution in [1.29, 1.82) is 0 Å². The quantitative estimate of drug-likeness (QED) is 0.550. The molecule has 0 spiro atoms. The minimum Gasteiger partial charge on any atom is -0.396 e. The van der Waals surface area contributed by atoms with Gasteiger partial charge in [-0.2, -0.15) is 0 Å². The largest absolute Gasteiger partial charge is 0.396 e. The molecule has 0 saturated heterocycles. The molecule has 0 aliphatic carbocycles. The third kappa shape index (κ3) is 6.32. The fourth-order valence-electron chi connectivity index (χ4n) is 1.09. The number of nitrogens with one attached hydrogen (secondary N) is 1. The molecule has 0 aliphatic heterocycles. The molecule has 0 amide bonds. The lowest BCUT2D eigenvalue weighted by atomic mass is 10.0. The summed E-state index contributed by atoms with van der Waals surface area (Å²) >= 11 is 0. The Balaban J connectivity index is 3.07. The zero-order valence-corrected chi connectivity index (χ0v) is 7.77. The molecule has 0 radical (unpaired) electrons. The number of rotatable bonds is 7. The molecule has 0 aromatic rings. The molecule has 0 bridgehead atoms. The fraction of sp³-hybridized carbons (Fsp3) is 1.00. The number of hydrogen-bond acceptors (Lipinski definition) is 2. The van der Waals surface area contributed by atoms with E-state index in [9.17, 15) is 0 Å². The molecule has 68 valence electrons. The van der Waals surface area contributed by atoms with E-state index in [-0.39, 0.29) is 0 Å². The smallest absolute Gasteiger partial charge is 0.0443 e. The normalized spacial score (nSPS) is 10.9. The fourth-order valence-corrected chi connectivity index (χ4v) is 1.09. The van der Waals surface area contributed by atoms with Gasteiger partial charge in [0.25, 0.3) is 0 Å². The number of aliphatic hydroxyl groups excluding tert-OH is 1. The van der Waals surface area contributed by atoms with Crippen LogP contribution in [-0.4, -0.2) is 24.8 Å². The highest BCUT2D eigenvalue weighted by molar-refractivity contribution is 4.57. The van der Waals surface area contributed by atoms with Crippen molar-refractivity contribution in [2.45, 2.75) is 33.1 Å². The van der Waals surface area contributed by atoms with Crippen LogP contribution in [0.4, 0.5) is 0 Å². The second-order valence-corrected chi connectivity index (χ2v) is 2.96. The molecular formula is C9H21NO. The summed E-state index contributed by atoms with van der Waals surface area (Å²) < 4.78 is 0. The first-order chi connectivity index (χ1) is 5.35. The van der Waals surface area contributed by atoms with E-state index in [1.165, 1.54) is 12.8 Å². The molecule has 0 saturated carbocycles. The number of aliphatic hydroxyl groups is 1. The minimum absolute atomic E-state index is 0.302. The maximum Gasteiger partial charge on any atom is 0.0443 e. The van der Waals surface area contributed by atoms with Gasteiger partial charge in [0.2, 0.25) is 0 Å². The summed E-state index contributed by atoms with van der Waals surface area (Å²) in [6.07, 6.45) is 3.38. The van der Waals surface area contributed by atoms with Gasteiger partial charge >= 0.3 is 0 Å². The molecule has 2 heteroatoms. The van der Waals surface area contributed by atoms with Crippen LogP contribution in [0.1, 0.15) is 33.1 Å². The number of hydrogen-bond donors (Lipinski definition) is 2. The average molecular weight is 159 g/mol. The summed E-state index contributed by atoms with van der Waals surface area (Å²) in [5.74, 6) is 0.814. The summed E-state index contributed by atoms with van der Waals surface area (Å²) in [4.78, 5) is 0. The molecular weight excluding hydrogens is 138 g/mol. The Kier molecular flexibility index (Phi) is 7.96. The van der Waals surface area contributed by atoms with E-state index in [1.54, 1.807) is 0 Å². The van der Waals surface area contributed by atoms with Gasteiger partial charge in [0, 0.05) is 6.61 Å². The first kappa shape index (κ1) is 10.9. The second kappa shape index (κ2) is 8.02. The van der Waals surface area contributed by atoms with E-state index in [1.807, 2.05) is 0 Å². The van der Waals surface area contributed by atoms with Crippen LogP contribution in [0, 0.1) is 5.92 Å². The van der Waals surface area contributed by atoms with Crippen LogP contribution in [0.15, 0.2) is 0 Å². The second-order valence-electron chi connectivity index (χ2n) is 2.96. The van der Waals surface area contributed by atoms with Crippen molar-refractivity contribution in [3.63, 3.8) is 0 Å². The third-order valence-electron chi connectivity index (χ3n) is 2.10. The van der Waals surface area contributed by atoms with E-state index < -0.39 is 0 Å². The zero-order valence-electron chi connectivity index (χ0n) is 7.77. The average Bonchev–Trinajstić information content (AvgIpc) is 2.05. The predicted molar refractivity (Wildman–Crippen MR) is 48.6 cm³/mol. The lowest BCUT2D eigenvalue weighted by molar-refractivity contribution is 0.284. The molecule has 2 nitrogen and oxygen atoms in total. The molecule has 11 heavy (non-hydrogen) atoms. The van der Waals surface area contributed by atoms with Crippen molar-refractivity contribution in [2.75, 3.05) is 19.7 Å². The standard InChI is InChI=1S/C9H21NO/c1-3-9(4-2)8-10-6-5-7-11/h9-11H,3-8H2,1-2H3. The molecule has 0 aliphatic rings. The Morgan fingerprint density at radius 1 is 1.27 bits per heavy atom. The van der Waals surface area contributed by atoms with Gasteiger partial charge in [0.05, 0.1) is 0 Å². The van der Waals surface area contributed by atoms with Crippen molar-refractivity contribution in [1.82, 2.24) is 5.32 Å². The van der Waals surface area contributed by atoms with Gasteiger partial charge in [0.1, 0.15) is 0 Å². The molecule has 0 heterocycles. The van der Waals surface area contributed by atoms with Gasteiger partial charge in [-0.15, -0.1) is 0 Å². The van der Waals surface area contributed by atoms with Crippen LogP contribution in [0.3, 0.4) is 0 Å². The molecule has 0 aromatic carbocycles. The van der Waals surface area contributed by atoms with Crippen molar-refractivity contribution in [3.05, 3.63) is 0 Å². The Bertz CT molecular complexity index is 72.0. The summed E-state index contributed by atoms with van der Waals surface area (Å²) in [6, 6.07) is 0. The highest BCUT2D eigenvalue weighted by Crippen LogP contribution is 2.04. The van der Waals surface area contributed by atoms with Crippen LogP contribution >= 0.6 is 0 Å². The van der Waals surface area contributed by atoms with Crippen LogP contribution in [0.25, 0.3) is 0 Å². The van der Waals surface area contributed by atoms with Gasteiger partial charge < -0.3 is 10.4 Å². The first-order valence-corrected chi connectivity index (χ1v) is 4.66. The molecule has 0 fully saturated rings. The molecule has 0 rings (SSSR count). The summed E-state index contributed by atoms with van der Waals surface area (Å²) in [6.45, 7) is 6.81. The highest BCUT2D eigenvalue weighted by atomic mass is 16.3. The van der Waals surface area contributed by atoms with Gasteiger partial charge in [0.15, 0.2) is 0 Å². The molecule has 0 aromatic heterocycles. The van der Waals surface area contributed by atoms with Crippen LogP contribution in [-0.2, 0) is 0 Å². The highest BCUT2D eigenvalue weighted by Gasteiger charge is 2.00. The lowest BCUT2D eigenvalue weighted by Gasteiger charge is -2.12. The van der Waals surface area contributed by atoms with Crippen molar-refractivity contribution in [2.24, 2.45) is 5.92 Å². The van der Waals surface area contributed by atoms with E-state index >= 15 is 0 Å². The third-order valence-corrected chi connectivity index (χ3v) is 2.10. The lowest BCUT2D eigenvalue weighted by Crippen LogP contribution is -2.23. The molecule has 2 N–H and O–H groups in total. The predicted octanol–water partition coefficient (Wildman–Crippen LogP) is 1.39. The summed E-state index contributed by atoms with van der Waals surface area (Å²) in [5.41, 5.74) is 0. The SMILES string of the molecule is CCC(CC)CNCCCO. The molecule has 0 atom stereocenters. The van der Waals surface area contributed by atoms with Gasteiger partial charge in [-0.1, -0.05) is 26.7 Å². The van der Waals surface area contributed by atoms with Crippen LogP contribution in [0.2, 0.25) is 0 Å². The van der Waals surface area contributed by atoms with Crippen LogP contribution < -0.4 is 5.32 Å². The monoisotopic (exact) mass is 159 g/mol. The maximum absolute atomic E-state index is 8.51. The van der Waals surface area contributed by atoms with E-state index in [0.29, 0.717) is 6.61 Å². The van der Waals surface area contributed by atoms with Crippen molar-refractivity contribution in [3.8, 4) is 0 Å². The Morgan fingerprint density at radius 3 is 2.36 bits per heavy atom. The summed E-state index contributed by atoms with van der Waals surface area (Å²) in [7, 11) is 0. The van der Waals surface area contributed by atoms with E-state index in [2.05, 4.69) is 19.2 Å². The zero-order chi connectivity index (χ0) is 8.53. The van der Waals surface area contributed by atoms with Gasteiger partial charge in [-0.25, -0.2) is 0 Å². The van der Waals surface area contributed by atoms with Crippen LogP contribution in [0.5, 0.6) is 0 Å². The topological polar surface area (TPSA) is 32.3 Å². The van der Waals surface area contributed by atoms with Gasteiger partial charge in [-0.05, 0) is 25.4 Å². The van der Waals surface area contributed by atoms with E-state index in [0.717, 1.165) is 25.4 Å². The van der Waals surface area contributed by atoms with Crippen molar-refractivity contribution < 1.29 is 5.11 Å². The Labute approximate surface area is 70.0 Å². The Morgan fingerprint density at radius 2 is 1.91 bits per heavy atom. The molecule has 0 unspecified atom stereocenters. The van der Waals surface area contributed by atoms with Gasteiger partial charge in [-0.3, -0.25) is 0 Å². The minimum atomic E-state index is 0.302. The Hall–Kier alpha value is -0.0800. The summed E-state index contributed by atoms with van der Waals surface area (Å²) in [5, 5.41) is 11.8. The first-order valence-electron chi connectivity index (χ1n) is 4.66. The van der Waals surface area contributed by atoms with E-state index in [4.69, 9.17) is 5.11 Å².